The van der Waals surface area contributed by atoms with Crippen LogP contribution in [0.25, 0.3) is 11.3 Å². The third kappa shape index (κ3) is 5.18. The van der Waals surface area contributed by atoms with Crippen LogP contribution in [0.15, 0.2) is 65.3 Å². The topological polar surface area (TPSA) is 89.1 Å². The van der Waals surface area contributed by atoms with Crippen molar-refractivity contribution >= 4 is 17.5 Å². The number of aromatic nitrogens is 4. The van der Waals surface area contributed by atoms with Crippen LogP contribution in [-0.4, -0.2) is 50.2 Å². The number of hydrogen-bond donors (Lipinski definition) is 1. The first-order valence-corrected chi connectivity index (χ1v) is 11.7. The molecule has 0 bridgehead atoms. The van der Waals surface area contributed by atoms with Gasteiger partial charge in [-0.15, -0.1) is 10.2 Å². The first-order valence-electron chi connectivity index (χ1n) is 11.3. The molecular formula is C25H25ClN6O2. The van der Waals surface area contributed by atoms with E-state index in [0.29, 0.717) is 23.6 Å². The van der Waals surface area contributed by atoms with Gasteiger partial charge in [-0.3, -0.25) is 14.7 Å². The lowest BCUT2D eigenvalue weighted by Crippen LogP contribution is -2.28. The summed E-state index contributed by atoms with van der Waals surface area (Å²) < 4.78 is 8.26. The maximum Gasteiger partial charge on any atom is 0.252 e. The van der Waals surface area contributed by atoms with Gasteiger partial charge in [0.25, 0.3) is 5.91 Å². The van der Waals surface area contributed by atoms with Gasteiger partial charge >= 0.3 is 0 Å². The van der Waals surface area contributed by atoms with Crippen LogP contribution >= 0.6 is 11.6 Å². The molecule has 0 saturated heterocycles. The van der Waals surface area contributed by atoms with Crippen LogP contribution in [0.3, 0.4) is 0 Å². The molecule has 0 aliphatic carbocycles. The highest BCUT2D eigenvalue weighted by Gasteiger charge is 2.20. The molecule has 4 heterocycles. The van der Waals surface area contributed by atoms with Crippen LogP contribution in [0.5, 0.6) is 0 Å². The molecule has 1 aromatic carbocycles. The van der Waals surface area contributed by atoms with Crippen LogP contribution in [0.4, 0.5) is 0 Å². The number of nitrogens with zero attached hydrogens (tertiary/aromatic N) is 5. The van der Waals surface area contributed by atoms with E-state index >= 15 is 0 Å². The van der Waals surface area contributed by atoms with E-state index in [4.69, 9.17) is 16.0 Å². The van der Waals surface area contributed by atoms with Crippen LogP contribution in [0.1, 0.15) is 27.8 Å². The molecule has 4 aromatic rings. The molecule has 34 heavy (non-hydrogen) atoms. The van der Waals surface area contributed by atoms with Gasteiger partial charge < -0.3 is 14.3 Å². The predicted molar refractivity (Wildman–Crippen MR) is 128 cm³/mol. The molecule has 0 fully saturated rings. The third-order valence-corrected chi connectivity index (χ3v) is 6.18. The summed E-state index contributed by atoms with van der Waals surface area (Å²) in [6.07, 6.45) is 4.65. The lowest BCUT2D eigenvalue weighted by atomic mass is 10.2. The molecule has 3 aromatic heterocycles. The predicted octanol–water partition coefficient (Wildman–Crippen LogP) is 3.62. The molecule has 1 aliphatic rings. The number of amides is 1. The number of carbonyl (C=O) groups excluding carboxylic acids is 1. The van der Waals surface area contributed by atoms with Crippen LogP contribution < -0.4 is 5.32 Å². The average Bonchev–Trinajstić information content (AvgIpc) is 3.43. The van der Waals surface area contributed by atoms with Crippen molar-refractivity contribution in [3.05, 3.63) is 88.9 Å². The Kier molecular flexibility index (Phi) is 6.69. The molecule has 0 radical (unpaired) electrons. The standard InChI is InChI=1S/C25H25ClN6O2/c26-20-5-3-18(4-6-20)22-8-7-21(34-22)17-31-13-10-24-30-29-23(32(24)15-14-31)9-12-28-25(33)19-2-1-11-27-16-19/h1-8,11,16H,9-10,12-15,17H2,(H,28,33). The molecule has 1 aliphatic heterocycles. The second-order valence-electron chi connectivity index (χ2n) is 8.23. The second-order valence-corrected chi connectivity index (χ2v) is 8.67. The van der Waals surface area contributed by atoms with E-state index in [-0.39, 0.29) is 5.91 Å². The fourth-order valence-corrected chi connectivity index (χ4v) is 4.24. The van der Waals surface area contributed by atoms with E-state index in [1.165, 1.54) is 0 Å². The van der Waals surface area contributed by atoms with E-state index in [9.17, 15) is 4.79 Å². The average molecular weight is 477 g/mol. The van der Waals surface area contributed by atoms with Crippen molar-refractivity contribution in [2.75, 3.05) is 19.6 Å². The fraction of sp³-hybridized carbons (Fsp3) is 0.280. The van der Waals surface area contributed by atoms with Gasteiger partial charge in [0.1, 0.15) is 23.2 Å². The number of fused-ring (bicyclic) bond motifs is 1. The number of benzene rings is 1. The highest BCUT2D eigenvalue weighted by Crippen LogP contribution is 2.24. The number of rotatable bonds is 7. The van der Waals surface area contributed by atoms with Crippen LogP contribution in [0, 0.1) is 0 Å². The SMILES string of the molecule is O=C(NCCc1nnc2n1CCN(Cc1ccc(-c3ccc(Cl)cc3)o1)CC2)c1cccnc1. The molecule has 1 amide bonds. The Morgan fingerprint density at radius 2 is 1.94 bits per heavy atom. The zero-order chi connectivity index (χ0) is 23.3. The van der Waals surface area contributed by atoms with Gasteiger partial charge in [-0.25, -0.2) is 0 Å². The van der Waals surface area contributed by atoms with Gasteiger partial charge in [0.05, 0.1) is 12.1 Å². The molecular weight excluding hydrogens is 452 g/mol. The Morgan fingerprint density at radius 1 is 1.06 bits per heavy atom. The Bertz CT molecular complexity index is 1250. The first-order chi connectivity index (χ1) is 16.7. The van der Waals surface area contributed by atoms with E-state index in [0.717, 1.165) is 61.3 Å². The monoisotopic (exact) mass is 476 g/mol. The molecule has 8 nitrogen and oxygen atoms in total. The van der Waals surface area contributed by atoms with Gasteiger partial charge in [0.2, 0.25) is 0 Å². The highest BCUT2D eigenvalue weighted by atomic mass is 35.5. The Balaban J connectivity index is 1.15. The largest absolute Gasteiger partial charge is 0.460 e. The zero-order valence-electron chi connectivity index (χ0n) is 18.7. The van der Waals surface area contributed by atoms with Gasteiger partial charge in [-0.05, 0) is 48.5 Å². The molecule has 9 heteroatoms. The van der Waals surface area contributed by atoms with Crippen molar-refractivity contribution in [1.29, 1.82) is 0 Å². The molecule has 0 saturated carbocycles. The minimum absolute atomic E-state index is 0.133. The number of furan rings is 1. The van der Waals surface area contributed by atoms with Crippen molar-refractivity contribution in [1.82, 2.24) is 30.0 Å². The molecule has 0 unspecified atom stereocenters. The van der Waals surface area contributed by atoms with E-state index in [1.54, 1.807) is 24.5 Å². The molecule has 0 atom stereocenters. The van der Waals surface area contributed by atoms with Gasteiger partial charge in [0.15, 0.2) is 0 Å². The quantitative estimate of drug-likeness (QED) is 0.438. The minimum Gasteiger partial charge on any atom is -0.460 e. The number of pyridine rings is 1. The summed E-state index contributed by atoms with van der Waals surface area (Å²) >= 11 is 5.99. The Morgan fingerprint density at radius 3 is 2.76 bits per heavy atom. The smallest absolute Gasteiger partial charge is 0.252 e. The summed E-state index contributed by atoms with van der Waals surface area (Å²) in [6.45, 7) is 3.79. The second kappa shape index (κ2) is 10.2. The normalized spacial score (nSPS) is 13.9. The summed E-state index contributed by atoms with van der Waals surface area (Å²) in [5, 5.41) is 12.4. The number of carbonyl (C=O) groups is 1. The molecule has 5 rings (SSSR count). The fourth-order valence-electron chi connectivity index (χ4n) is 4.11. The lowest BCUT2D eigenvalue weighted by molar-refractivity contribution is 0.0953. The lowest BCUT2D eigenvalue weighted by Gasteiger charge is -2.18. The van der Waals surface area contributed by atoms with Crippen LogP contribution in [-0.2, 0) is 25.9 Å². The Labute approximate surface area is 202 Å². The van der Waals surface area contributed by atoms with Gasteiger partial charge in [0, 0.05) is 62.0 Å². The maximum atomic E-state index is 12.2. The van der Waals surface area contributed by atoms with Crippen LogP contribution in [0.2, 0.25) is 5.02 Å². The zero-order valence-corrected chi connectivity index (χ0v) is 19.4. The van der Waals surface area contributed by atoms with E-state index in [1.807, 2.05) is 36.4 Å². The minimum atomic E-state index is -0.133. The number of halogens is 1. The number of nitrogens with one attached hydrogen (secondary N) is 1. The summed E-state index contributed by atoms with van der Waals surface area (Å²) in [5.41, 5.74) is 1.56. The van der Waals surface area contributed by atoms with Crippen molar-refractivity contribution in [3.8, 4) is 11.3 Å². The summed E-state index contributed by atoms with van der Waals surface area (Å²) in [6, 6.07) is 15.2. The maximum absolute atomic E-state index is 12.2. The van der Waals surface area contributed by atoms with E-state index < -0.39 is 0 Å². The molecule has 0 spiro atoms. The summed E-state index contributed by atoms with van der Waals surface area (Å²) in [7, 11) is 0. The third-order valence-electron chi connectivity index (χ3n) is 5.92. The van der Waals surface area contributed by atoms with Crippen molar-refractivity contribution < 1.29 is 9.21 Å². The molecule has 174 valence electrons. The summed E-state index contributed by atoms with van der Waals surface area (Å²) in [5.74, 6) is 3.52. The highest BCUT2D eigenvalue weighted by molar-refractivity contribution is 6.30. The summed E-state index contributed by atoms with van der Waals surface area (Å²) in [4.78, 5) is 18.6. The van der Waals surface area contributed by atoms with Gasteiger partial charge in [-0.1, -0.05) is 11.6 Å². The van der Waals surface area contributed by atoms with Crippen molar-refractivity contribution in [2.24, 2.45) is 0 Å². The first kappa shape index (κ1) is 22.3. The van der Waals surface area contributed by atoms with E-state index in [2.05, 4.69) is 30.0 Å². The number of hydrogen-bond acceptors (Lipinski definition) is 6. The molecule has 1 N–H and O–H groups in total. The van der Waals surface area contributed by atoms with Gasteiger partial charge in [-0.2, -0.15) is 0 Å². The van der Waals surface area contributed by atoms with Crippen molar-refractivity contribution in [3.63, 3.8) is 0 Å². The Hall–Kier alpha value is -3.49. The van der Waals surface area contributed by atoms with Crippen molar-refractivity contribution in [2.45, 2.75) is 25.9 Å².